The molecule has 31 heavy (non-hydrogen) atoms. The summed E-state index contributed by atoms with van der Waals surface area (Å²) < 4.78 is 35.9. The van der Waals surface area contributed by atoms with Crippen molar-refractivity contribution in [2.75, 3.05) is 6.26 Å². The fraction of sp³-hybridized carbons (Fsp3) is 0.0909. The SMILES string of the molecule is CS(=O)(=O)c1cc(C(=O)N=C(N)N)ccc1Oc1ccc(OCc2ccccc2)cc1. The van der Waals surface area contributed by atoms with Gasteiger partial charge in [-0.1, -0.05) is 30.3 Å². The first-order valence-electron chi connectivity index (χ1n) is 9.15. The fourth-order valence-corrected chi connectivity index (χ4v) is 3.48. The number of sulfone groups is 1. The molecule has 0 atom stereocenters. The Morgan fingerprint density at radius 2 is 1.58 bits per heavy atom. The molecule has 3 aromatic carbocycles. The number of nitrogens with two attached hydrogens (primary N) is 2. The maximum Gasteiger partial charge on any atom is 0.280 e. The normalized spacial score (nSPS) is 10.9. The number of nitrogens with zero attached hydrogens (tertiary/aromatic N) is 1. The molecule has 0 aliphatic rings. The molecule has 4 N–H and O–H groups in total. The van der Waals surface area contributed by atoms with Crippen molar-refractivity contribution in [2.45, 2.75) is 11.5 Å². The molecule has 160 valence electrons. The van der Waals surface area contributed by atoms with Crippen molar-refractivity contribution >= 4 is 21.7 Å². The molecule has 0 saturated heterocycles. The number of hydrogen-bond acceptors (Lipinski definition) is 5. The molecule has 8 nitrogen and oxygen atoms in total. The van der Waals surface area contributed by atoms with Gasteiger partial charge in [0.15, 0.2) is 15.8 Å². The second-order valence-electron chi connectivity index (χ2n) is 6.62. The summed E-state index contributed by atoms with van der Waals surface area (Å²) in [6, 6.07) is 20.4. The highest BCUT2D eigenvalue weighted by Gasteiger charge is 2.18. The first-order valence-corrected chi connectivity index (χ1v) is 11.0. The fourth-order valence-electron chi connectivity index (χ4n) is 2.67. The predicted octanol–water partition coefficient (Wildman–Crippen LogP) is 2.88. The van der Waals surface area contributed by atoms with Gasteiger partial charge in [-0.3, -0.25) is 4.79 Å². The Kier molecular flexibility index (Phi) is 6.56. The van der Waals surface area contributed by atoms with Gasteiger partial charge in [0, 0.05) is 11.8 Å². The lowest BCUT2D eigenvalue weighted by molar-refractivity contribution is 0.100. The van der Waals surface area contributed by atoms with Gasteiger partial charge in [-0.15, -0.1) is 0 Å². The summed E-state index contributed by atoms with van der Waals surface area (Å²) in [5, 5.41) is 0. The molecule has 0 aliphatic carbocycles. The Balaban J connectivity index is 1.78. The summed E-state index contributed by atoms with van der Waals surface area (Å²) in [4.78, 5) is 15.3. The van der Waals surface area contributed by atoms with Crippen molar-refractivity contribution in [1.82, 2.24) is 0 Å². The molecule has 0 heterocycles. The number of ether oxygens (including phenoxy) is 2. The van der Waals surface area contributed by atoms with E-state index < -0.39 is 21.7 Å². The average Bonchev–Trinajstić information content (AvgIpc) is 2.73. The van der Waals surface area contributed by atoms with Crippen LogP contribution in [0.15, 0.2) is 82.7 Å². The number of amides is 1. The van der Waals surface area contributed by atoms with Crippen LogP contribution in [0.4, 0.5) is 0 Å². The van der Waals surface area contributed by atoms with Gasteiger partial charge in [0.2, 0.25) is 0 Å². The van der Waals surface area contributed by atoms with E-state index in [2.05, 4.69) is 4.99 Å². The molecule has 0 saturated carbocycles. The molecule has 0 fully saturated rings. The van der Waals surface area contributed by atoms with Crippen molar-refractivity contribution in [2.24, 2.45) is 16.5 Å². The number of carbonyl (C=O) groups is 1. The molecule has 9 heteroatoms. The van der Waals surface area contributed by atoms with Crippen LogP contribution in [-0.2, 0) is 16.4 Å². The standard InChI is InChI=1S/C22H21N3O5S/c1-31(27,28)20-13-16(21(26)25-22(23)24)7-12-19(20)30-18-10-8-17(9-11-18)29-14-15-5-3-2-4-6-15/h2-13H,14H2,1H3,(H4,23,24,25,26). The molecule has 0 spiro atoms. The summed E-state index contributed by atoms with van der Waals surface area (Å²) in [5.74, 6) is -0.0585. The lowest BCUT2D eigenvalue weighted by atomic mass is 10.2. The highest BCUT2D eigenvalue weighted by molar-refractivity contribution is 7.90. The smallest absolute Gasteiger partial charge is 0.280 e. The highest BCUT2D eigenvalue weighted by Crippen LogP contribution is 2.31. The minimum atomic E-state index is -3.70. The Morgan fingerprint density at radius 3 is 2.19 bits per heavy atom. The third-order valence-corrected chi connectivity index (χ3v) is 5.24. The molecule has 3 aromatic rings. The van der Waals surface area contributed by atoms with E-state index in [1.807, 2.05) is 30.3 Å². The number of carbonyl (C=O) groups excluding carboxylic acids is 1. The summed E-state index contributed by atoms with van der Waals surface area (Å²) in [7, 11) is -3.70. The topological polar surface area (TPSA) is 134 Å². The van der Waals surface area contributed by atoms with E-state index in [9.17, 15) is 13.2 Å². The third kappa shape index (κ3) is 6.06. The number of guanidine groups is 1. The Morgan fingerprint density at radius 1 is 0.935 bits per heavy atom. The second kappa shape index (κ2) is 9.31. The van der Waals surface area contributed by atoms with Crippen LogP contribution >= 0.6 is 0 Å². The first kappa shape index (κ1) is 21.8. The third-order valence-electron chi connectivity index (χ3n) is 4.12. The van der Waals surface area contributed by atoms with Gasteiger partial charge in [0.25, 0.3) is 5.91 Å². The number of hydrogen-bond donors (Lipinski definition) is 2. The van der Waals surface area contributed by atoms with Crippen molar-refractivity contribution in [3.63, 3.8) is 0 Å². The molecular weight excluding hydrogens is 418 g/mol. The lowest BCUT2D eigenvalue weighted by Gasteiger charge is -2.12. The zero-order valence-corrected chi connectivity index (χ0v) is 17.5. The Bertz CT molecular complexity index is 1200. The van der Waals surface area contributed by atoms with Crippen LogP contribution in [-0.4, -0.2) is 26.5 Å². The molecule has 0 unspecified atom stereocenters. The molecule has 0 bridgehead atoms. The summed E-state index contributed by atoms with van der Waals surface area (Å²) in [5.41, 5.74) is 11.5. The minimum absolute atomic E-state index is 0.0193. The highest BCUT2D eigenvalue weighted by atomic mass is 32.2. The summed E-state index contributed by atoms with van der Waals surface area (Å²) in [6.45, 7) is 0.421. The minimum Gasteiger partial charge on any atom is -0.489 e. The molecule has 1 amide bonds. The Labute approximate surface area is 180 Å². The number of benzene rings is 3. The van der Waals surface area contributed by atoms with Crippen molar-refractivity contribution in [3.8, 4) is 17.2 Å². The zero-order valence-electron chi connectivity index (χ0n) is 16.7. The molecule has 0 radical (unpaired) electrons. The maximum absolute atomic E-state index is 12.2. The van der Waals surface area contributed by atoms with Crippen molar-refractivity contribution < 1.29 is 22.7 Å². The summed E-state index contributed by atoms with van der Waals surface area (Å²) >= 11 is 0. The second-order valence-corrected chi connectivity index (χ2v) is 8.61. The van der Waals surface area contributed by atoms with Crippen LogP contribution in [0.3, 0.4) is 0 Å². The van der Waals surface area contributed by atoms with Crippen LogP contribution in [0.25, 0.3) is 0 Å². The van der Waals surface area contributed by atoms with E-state index in [0.29, 0.717) is 18.1 Å². The van der Waals surface area contributed by atoms with Gasteiger partial charge < -0.3 is 20.9 Å². The molecule has 0 aromatic heterocycles. The lowest BCUT2D eigenvalue weighted by Crippen LogP contribution is -2.24. The number of aliphatic imine (C=N–C) groups is 1. The molecule has 3 rings (SSSR count). The monoisotopic (exact) mass is 439 g/mol. The molecular formula is C22H21N3O5S. The van der Waals surface area contributed by atoms with E-state index in [-0.39, 0.29) is 16.2 Å². The van der Waals surface area contributed by atoms with Gasteiger partial charge in [-0.05, 0) is 48.0 Å². The van der Waals surface area contributed by atoms with Gasteiger partial charge in [0.05, 0.1) is 0 Å². The van der Waals surface area contributed by atoms with E-state index in [0.717, 1.165) is 11.8 Å². The van der Waals surface area contributed by atoms with Crippen LogP contribution < -0.4 is 20.9 Å². The number of rotatable bonds is 7. The van der Waals surface area contributed by atoms with E-state index in [1.54, 1.807) is 24.3 Å². The van der Waals surface area contributed by atoms with Gasteiger partial charge in [0.1, 0.15) is 28.8 Å². The van der Waals surface area contributed by atoms with Crippen LogP contribution in [0.1, 0.15) is 15.9 Å². The average molecular weight is 439 g/mol. The zero-order chi connectivity index (χ0) is 22.4. The largest absolute Gasteiger partial charge is 0.489 e. The molecule has 0 aliphatic heterocycles. The van der Waals surface area contributed by atoms with Crippen molar-refractivity contribution in [1.29, 1.82) is 0 Å². The van der Waals surface area contributed by atoms with Gasteiger partial charge in [-0.25, -0.2) is 8.42 Å². The van der Waals surface area contributed by atoms with Gasteiger partial charge >= 0.3 is 0 Å². The van der Waals surface area contributed by atoms with E-state index >= 15 is 0 Å². The van der Waals surface area contributed by atoms with Crippen LogP contribution in [0.2, 0.25) is 0 Å². The van der Waals surface area contributed by atoms with Crippen LogP contribution in [0.5, 0.6) is 17.2 Å². The van der Waals surface area contributed by atoms with Crippen LogP contribution in [0, 0.1) is 0 Å². The van der Waals surface area contributed by atoms with E-state index in [4.69, 9.17) is 20.9 Å². The maximum atomic E-state index is 12.2. The first-order chi connectivity index (χ1) is 14.7. The Hall–Kier alpha value is -3.85. The van der Waals surface area contributed by atoms with E-state index in [1.165, 1.54) is 18.2 Å². The van der Waals surface area contributed by atoms with Gasteiger partial charge in [-0.2, -0.15) is 4.99 Å². The predicted molar refractivity (Wildman–Crippen MR) is 117 cm³/mol. The summed E-state index contributed by atoms with van der Waals surface area (Å²) in [6.07, 6.45) is 1.02. The quantitative estimate of drug-likeness (QED) is 0.427. The van der Waals surface area contributed by atoms with Crippen molar-refractivity contribution in [3.05, 3.63) is 83.9 Å².